The lowest BCUT2D eigenvalue weighted by Gasteiger charge is -2.27. The Kier molecular flexibility index (Phi) is 5.23. The molecule has 2 aromatic heterocycles. The van der Waals surface area contributed by atoms with Crippen molar-refractivity contribution in [1.29, 1.82) is 0 Å². The van der Waals surface area contributed by atoms with Crippen molar-refractivity contribution in [3.63, 3.8) is 0 Å². The van der Waals surface area contributed by atoms with Crippen molar-refractivity contribution < 1.29 is 4.74 Å². The number of nitrogens with zero attached hydrogens (tertiary/aromatic N) is 5. The van der Waals surface area contributed by atoms with Gasteiger partial charge in [-0.2, -0.15) is 0 Å². The fourth-order valence-electron chi connectivity index (χ4n) is 2.86. The molecule has 26 heavy (non-hydrogen) atoms. The summed E-state index contributed by atoms with van der Waals surface area (Å²) in [5, 5.41) is 13.1. The van der Waals surface area contributed by atoms with Crippen LogP contribution in [0.15, 0.2) is 34.8 Å². The van der Waals surface area contributed by atoms with Crippen LogP contribution in [0.2, 0.25) is 0 Å². The molecule has 1 aliphatic heterocycles. The third-order valence-corrected chi connectivity index (χ3v) is 6.00. The molecule has 0 aliphatic carbocycles. The molecule has 1 saturated heterocycles. The summed E-state index contributed by atoms with van der Waals surface area (Å²) in [6.45, 7) is 7.24. The van der Waals surface area contributed by atoms with Crippen LogP contribution in [0.3, 0.4) is 0 Å². The molecule has 0 amide bonds. The second-order valence-electron chi connectivity index (χ2n) is 6.20. The van der Waals surface area contributed by atoms with E-state index in [-0.39, 0.29) is 0 Å². The van der Waals surface area contributed by atoms with E-state index in [0.717, 1.165) is 59.5 Å². The predicted molar refractivity (Wildman–Crippen MR) is 106 cm³/mol. The minimum absolute atomic E-state index is 0.724. The summed E-state index contributed by atoms with van der Waals surface area (Å²) in [5.41, 5.74) is 3.41. The van der Waals surface area contributed by atoms with E-state index in [1.165, 1.54) is 5.56 Å². The van der Waals surface area contributed by atoms with E-state index in [1.807, 2.05) is 6.92 Å². The monoisotopic (exact) mass is 387 g/mol. The van der Waals surface area contributed by atoms with Crippen molar-refractivity contribution >= 4 is 29.0 Å². The van der Waals surface area contributed by atoms with Gasteiger partial charge in [-0.3, -0.25) is 4.57 Å². The van der Waals surface area contributed by atoms with Crippen molar-refractivity contribution in [3.05, 3.63) is 45.9 Å². The molecule has 3 heterocycles. The fourth-order valence-corrected chi connectivity index (χ4v) is 4.41. The number of benzene rings is 1. The molecule has 6 nitrogen and oxygen atoms in total. The maximum absolute atomic E-state index is 5.49. The predicted octanol–water partition coefficient (Wildman–Crippen LogP) is 3.47. The van der Waals surface area contributed by atoms with Gasteiger partial charge in [-0.25, -0.2) is 4.98 Å². The van der Waals surface area contributed by atoms with Crippen LogP contribution in [-0.4, -0.2) is 46.1 Å². The van der Waals surface area contributed by atoms with E-state index in [1.54, 1.807) is 23.1 Å². The third-order valence-electron chi connectivity index (χ3n) is 4.22. The van der Waals surface area contributed by atoms with Crippen LogP contribution in [0.4, 0.5) is 5.95 Å². The average molecular weight is 388 g/mol. The second kappa shape index (κ2) is 7.77. The Bertz CT molecular complexity index is 868. The maximum Gasteiger partial charge on any atom is 0.232 e. The van der Waals surface area contributed by atoms with Crippen LogP contribution in [0.25, 0.3) is 5.69 Å². The maximum atomic E-state index is 5.49. The molecule has 4 rings (SSSR count). The van der Waals surface area contributed by atoms with Crippen LogP contribution in [0.5, 0.6) is 0 Å². The van der Waals surface area contributed by atoms with Gasteiger partial charge in [0.1, 0.15) is 0 Å². The van der Waals surface area contributed by atoms with Gasteiger partial charge in [-0.15, -0.1) is 21.5 Å². The first-order valence-corrected chi connectivity index (χ1v) is 10.5. The summed E-state index contributed by atoms with van der Waals surface area (Å²) in [5.74, 6) is 1.67. The number of morpholine rings is 1. The van der Waals surface area contributed by atoms with Crippen molar-refractivity contribution in [3.8, 4) is 5.69 Å². The summed E-state index contributed by atoms with van der Waals surface area (Å²) in [7, 11) is 0. The molecular weight excluding hydrogens is 366 g/mol. The highest BCUT2D eigenvalue weighted by Gasteiger charge is 2.22. The summed E-state index contributed by atoms with van der Waals surface area (Å²) in [6.07, 6.45) is 0. The van der Waals surface area contributed by atoms with Gasteiger partial charge in [0.25, 0.3) is 0 Å². The summed E-state index contributed by atoms with van der Waals surface area (Å²) in [4.78, 5) is 6.79. The van der Waals surface area contributed by atoms with E-state index in [4.69, 9.17) is 4.74 Å². The lowest BCUT2D eigenvalue weighted by molar-refractivity contribution is 0.122. The Morgan fingerprint density at radius 1 is 1.12 bits per heavy atom. The standard InChI is InChI=1S/C18H21N5OS2/c1-13-3-5-16(6-4-13)23-17(22-7-9-24-10-8-22)20-21-18(23)26-12-15-11-25-14(2)19-15/h3-6,11H,7-10,12H2,1-2H3. The molecule has 0 saturated carbocycles. The van der Waals surface area contributed by atoms with Crippen LogP contribution < -0.4 is 4.90 Å². The topological polar surface area (TPSA) is 56.1 Å². The lowest BCUT2D eigenvalue weighted by Crippen LogP contribution is -2.37. The smallest absolute Gasteiger partial charge is 0.232 e. The number of anilines is 1. The highest BCUT2D eigenvalue weighted by atomic mass is 32.2. The molecule has 0 atom stereocenters. The summed E-state index contributed by atoms with van der Waals surface area (Å²) >= 11 is 3.35. The molecule has 0 unspecified atom stereocenters. The van der Waals surface area contributed by atoms with Gasteiger partial charge in [0.15, 0.2) is 5.16 Å². The zero-order valence-electron chi connectivity index (χ0n) is 14.9. The van der Waals surface area contributed by atoms with Gasteiger partial charge in [0, 0.05) is 24.2 Å². The van der Waals surface area contributed by atoms with E-state index in [0.29, 0.717) is 0 Å². The van der Waals surface area contributed by atoms with E-state index in [9.17, 15) is 0 Å². The van der Waals surface area contributed by atoms with Gasteiger partial charge in [0.05, 0.1) is 29.6 Å². The quantitative estimate of drug-likeness (QED) is 0.625. The van der Waals surface area contributed by atoms with E-state index < -0.39 is 0 Å². The first kappa shape index (κ1) is 17.5. The number of thiazole rings is 1. The number of hydrogen-bond acceptors (Lipinski definition) is 7. The lowest BCUT2D eigenvalue weighted by atomic mass is 10.2. The van der Waals surface area contributed by atoms with Gasteiger partial charge in [-0.1, -0.05) is 29.5 Å². The van der Waals surface area contributed by atoms with Crippen molar-refractivity contribution in [2.45, 2.75) is 24.8 Å². The zero-order chi connectivity index (χ0) is 17.9. The fraction of sp³-hybridized carbons (Fsp3) is 0.389. The Hall–Kier alpha value is -1.90. The number of hydrogen-bond donors (Lipinski definition) is 0. The Morgan fingerprint density at radius 2 is 1.88 bits per heavy atom. The average Bonchev–Trinajstić information content (AvgIpc) is 3.27. The molecule has 0 radical (unpaired) electrons. The Balaban J connectivity index is 1.66. The van der Waals surface area contributed by atoms with Gasteiger partial charge in [0.2, 0.25) is 5.95 Å². The number of ether oxygens (including phenoxy) is 1. The van der Waals surface area contributed by atoms with E-state index >= 15 is 0 Å². The molecule has 3 aromatic rings. The van der Waals surface area contributed by atoms with Gasteiger partial charge in [-0.05, 0) is 26.0 Å². The second-order valence-corrected chi connectivity index (χ2v) is 8.20. The molecule has 0 N–H and O–H groups in total. The van der Waals surface area contributed by atoms with E-state index in [2.05, 4.69) is 61.2 Å². The number of thioether (sulfide) groups is 1. The van der Waals surface area contributed by atoms with Crippen molar-refractivity contribution in [1.82, 2.24) is 19.7 Å². The van der Waals surface area contributed by atoms with Gasteiger partial charge < -0.3 is 9.64 Å². The Labute approximate surface area is 161 Å². The van der Waals surface area contributed by atoms with Crippen LogP contribution in [0, 0.1) is 13.8 Å². The zero-order valence-corrected chi connectivity index (χ0v) is 16.5. The molecule has 1 aromatic carbocycles. The number of aromatic nitrogens is 4. The van der Waals surface area contributed by atoms with Crippen molar-refractivity contribution in [2.75, 3.05) is 31.2 Å². The molecule has 1 fully saturated rings. The van der Waals surface area contributed by atoms with Gasteiger partial charge >= 0.3 is 0 Å². The number of aryl methyl sites for hydroxylation is 2. The minimum atomic E-state index is 0.724. The molecular formula is C18H21N5OS2. The van der Waals surface area contributed by atoms with Crippen LogP contribution >= 0.6 is 23.1 Å². The summed E-state index contributed by atoms with van der Waals surface area (Å²) in [6, 6.07) is 8.49. The van der Waals surface area contributed by atoms with Crippen LogP contribution in [-0.2, 0) is 10.5 Å². The van der Waals surface area contributed by atoms with Crippen molar-refractivity contribution in [2.24, 2.45) is 0 Å². The molecule has 1 aliphatic rings. The van der Waals surface area contributed by atoms with Crippen LogP contribution in [0.1, 0.15) is 16.3 Å². The number of rotatable bonds is 5. The summed E-state index contributed by atoms with van der Waals surface area (Å²) < 4.78 is 7.63. The Morgan fingerprint density at radius 3 is 2.58 bits per heavy atom. The normalized spacial score (nSPS) is 14.8. The largest absolute Gasteiger partial charge is 0.378 e. The highest BCUT2D eigenvalue weighted by Crippen LogP contribution is 2.29. The highest BCUT2D eigenvalue weighted by molar-refractivity contribution is 7.98. The molecule has 8 heteroatoms. The minimum Gasteiger partial charge on any atom is -0.378 e. The molecule has 136 valence electrons. The first-order valence-electron chi connectivity index (χ1n) is 8.59. The third kappa shape index (κ3) is 3.77. The first-order chi connectivity index (χ1) is 12.7. The molecule has 0 bridgehead atoms. The molecule has 0 spiro atoms. The SMILES string of the molecule is Cc1ccc(-n2c(SCc3csc(C)n3)nnc2N2CCOCC2)cc1.